The van der Waals surface area contributed by atoms with Crippen LogP contribution in [-0.4, -0.2) is 110 Å². The van der Waals surface area contributed by atoms with Crippen molar-refractivity contribution in [2.24, 2.45) is 0 Å². The van der Waals surface area contributed by atoms with E-state index in [-0.39, 0.29) is 34.0 Å². The molecule has 0 radical (unpaired) electrons. The van der Waals surface area contributed by atoms with Crippen LogP contribution in [0.15, 0.2) is 25.3 Å². The van der Waals surface area contributed by atoms with Gasteiger partial charge in [-0.05, 0) is 0 Å². The van der Waals surface area contributed by atoms with Crippen LogP contribution in [0.4, 0.5) is 20.4 Å². The molecule has 20 nitrogen and oxygen atoms in total. The molecule has 2 saturated heterocycles. The topological polar surface area (TPSA) is 280 Å². The van der Waals surface area contributed by atoms with Crippen LogP contribution in [0.25, 0.3) is 22.3 Å². The quantitative estimate of drug-likeness (QED) is 0.126. The number of phosphoric acid groups is 1. The number of imidazole rings is 2. The molecule has 10 atom stereocenters. The van der Waals surface area contributed by atoms with Gasteiger partial charge in [0.15, 0.2) is 47.7 Å². The lowest BCUT2D eigenvalue weighted by atomic mass is 10.1. The lowest BCUT2D eigenvalue weighted by molar-refractivity contribution is -0.0618. The SMILES string of the molecule is Nc1ncnc2c1ncn2[C@@H]1O[C@H](CO)C(OP(=O)(O)OC[C@H]2O[C@@H](n3cnc4c(N)ncnc43)C(F)[C@H]2OC[PH](=O)O)C1F. The molecular formula is C21H26F2N10O10P2. The number of nitrogens with two attached hydrogens (primary N) is 2. The van der Waals surface area contributed by atoms with Gasteiger partial charge in [-0.15, -0.1) is 0 Å². The van der Waals surface area contributed by atoms with Gasteiger partial charge in [-0.3, -0.25) is 22.7 Å². The van der Waals surface area contributed by atoms with Gasteiger partial charge in [-0.2, -0.15) is 0 Å². The summed E-state index contributed by atoms with van der Waals surface area (Å²) < 4.78 is 84.6. The number of hydrogen-bond donors (Lipinski definition) is 5. The fourth-order valence-corrected chi connectivity index (χ4v) is 6.36. The summed E-state index contributed by atoms with van der Waals surface area (Å²) in [6, 6.07) is 0. The van der Waals surface area contributed by atoms with E-state index in [1.54, 1.807) is 0 Å². The molecule has 0 aliphatic carbocycles. The van der Waals surface area contributed by atoms with Crippen LogP contribution in [0.3, 0.4) is 0 Å². The Hall–Kier alpha value is -3.30. The second-order valence-electron chi connectivity index (χ2n) is 9.87. The molecule has 7 N–H and O–H groups in total. The Morgan fingerprint density at radius 3 is 1.98 bits per heavy atom. The fraction of sp³-hybridized carbons (Fsp3) is 0.524. The van der Waals surface area contributed by atoms with Crippen molar-refractivity contribution in [2.75, 3.05) is 31.0 Å². The van der Waals surface area contributed by atoms with E-state index in [1.807, 2.05) is 0 Å². The van der Waals surface area contributed by atoms with Crippen molar-refractivity contribution >= 4 is 49.8 Å². The van der Waals surface area contributed by atoms with E-state index < -0.39 is 84.6 Å². The summed E-state index contributed by atoms with van der Waals surface area (Å²) in [7, 11) is -8.38. The van der Waals surface area contributed by atoms with Crippen LogP contribution in [0.5, 0.6) is 0 Å². The molecule has 2 aliphatic rings. The highest BCUT2D eigenvalue weighted by Crippen LogP contribution is 2.50. The number of aliphatic hydroxyl groups excluding tert-OH is 1. The number of anilines is 2. The van der Waals surface area contributed by atoms with E-state index in [2.05, 4.69) is 29.9 Å². The molecule has 24 heteroatoms. The first-order valence-electron chi connectivity index (χ1n) is 13.0. The minimum atomic E-state index is -5.17. The van der Waals surface area contributed by atoms with E-state index in [0.717, 1.165) is 17.2 Å². The van der Waals surface area contributed by atoms with Crippen LogP contribution >= 0.6 is 15.9 Å². The summed E-state index contributed by atoms with van der Waals surface area (Å²) in [5.74, 6) is 0.0346. The lowest BCUT2D eigenvalue weighted by Gasteiger charge is -2.23. The minimum Gasteiger partial charge on any atom is -0.394 e. The van der Waals surface area contributed by atoms with Crippen molar-refractivity contribution in [2.45, 2.75) is 49.2 Å². The highest BCUT2D eigenvalue weighted by Gasteiger charge is 2.52. The van der Waals surface area contributed by atoms with Gasteiger partial charge >= 0.3 is 7.82 Å². The molecule has 0 aromatic carbocycles. The Labute approximate surface area is 250 Å². The van der Waals surface area contributed by atoms with Gasteiger partial charge in [-0.25, -0.2) is 43.2 Å². The average Bonchev–Trinajstić information content (AvgIpc) is 3.76. The summed E-state index contributed by atoms with van der Waals surface area (Å²) >= 11 is 0. The van der Waals surface area contributed by atoms with E-state index >= 15 is 8.78 Å². The zero-order valence-corrected chi connectivity index (χ0v) is 24.6. The lowest BCUT2D eigenvalue weighted by Crippen LogP contribution is -2.35. The number of fused-ring (bicyclic) bond motifs is 2. The molecule has 6 heterocycles. The van der Waals surface area contributed by atoms with Crippen molar-refractivity contribution in [3.63, 3.8) is 0 Å². The van der Waals surface area contributed by atoms with Gasteiger partial charge in [0.2, 0.25) is 8.03 Å². The summed E-state index contributed by atoms with van der Waals surface area (Å²) in [4.78, 5) is 43.5. The van der Waals surface area contributed by atoms with Crippen molar-refractivity contribution in [1.82, 2.24) is 39.0 Å². The van der Waals surface area contributed by atoms with Crippen LogP contribution in [0.1, 0.15) is 12.5 Å². The number of aromatic nitrogens is 8. The molecule has 2 fully saturated rings. The number of nitrogens with zero attached hydrogens (tertiary/aromatic N) is 8. The first kappa shape index (κ1) is 31.7. The first-order valence-corrected chi connectivity index (χ1v) is 16.1. The van der Waals surface area contributed by atoms with Crippen molar-refractivity contribution < 1.29 is 56.1 Å². The Morgan fingerprint density at radius 2 is 1.44 bits per heavy atom. The largest absolute Gasteiger partial charge is 0.472 e. The molecule has 244 valence electrons. The summed E-state index contributed by atoms with van der Waals surface area (Å²) in [6.45, 7) is -1.67. The number of alkyl halides is 2. The van der Waals surface area contributed by atoms with Gasteiger partial charge < -0.3 is 40.6 Å². The predicted molar refractivity (Wildman–Crippen MR) is 146 cm³/mol. The molecule has 4 aromatic heterocycles. The molecule has 0 saturated carbocycles. The third kappa shape index (κ3) is 6.01. The number of ether oxygens (including phenoxy) is 3. The normalized spacial score (nSPS) is 30.7. The van der Waals surface area contributed by atoms with Crippen molar-refractivity contribution in [3.05, 3.63) is 25.3 Å². The van der Waals surface area contributed by atoms with Gasteiger partial charge in [0, 0.05) is 0 Å². The number of hydrogen-bond acceptors (Lipinski definition) is 16. The molecule has 0 bridgehead atoms. The predicted octanol–water partition coefficient (Wildman–Crippen LogP) is -0.394. The highest BCUT2D eigenvalue weighted by atomic mass is 31.2. The first-order chi connectivity index (χ1) is 21.5. The number of halogens is 2. The third-order valence-corrected chi connectivity index (χ3v) is 8.49. The molecule has 0 spiro atoms. The number of aliphatic hydroxyl groups is 1. The van der Waals surface area contributed by atoms with Crippen molar-refractivity contribution in [3.8, 4) is 0 Å². The number of phosphoric ester groups is 1. The maximum atomic E-state index is 15.7. The monoisotopic (exact) mass is 678 g/mol. The van der Waals surface area contributed by atoms with Crippen LogP contribution < -0.4 is 11.5 Å². The van der Waals surface area contributed by atoms with Crippen LogP contribution in [0.2, 0.25) is 0 Å². The third-order valence-electron chi connectivity index (χ3n) is 7.09. The van der Waals surface area contributed by atoms with Gasteiger partial charge in [0.05, 0.1) is 25.9 Å². The zero-order chi connectivity index (χ0) is 32.0. The van der Waals surface area contributed by atoms with Gasteiger partial charge in [0.1, 0.15) is 54.5 Å². The summed E-state index contributed by atoms with van der Waals surface area (Å²) in [5, 5.41) is 9.81. The Kier molecular flexibility index (Phi) is 8.78. The second-order valence-corrected chi connectivity index (χ2v) is 12.4. The zero-order valence-electron chi connectivity index (χ0n) is 22.7. The van der Waals surface area contributed by atoms with E-state index in [4.69, 9.17) is 34.7 Å². The highest BCUT2D eigenvalue weighted by molar-refractivity contribution is 7.47. The Morgan fingerprint density at radius 1 is 0.911 bits per heavy atom. The van der Waals surface area contributed by atoms with E-state index in [1.165, 1.54) is 17.2 Å². The fourth-order valence-electron chi connectivity index (χ4n) is 5.07. The summed E-state index contributed by atoms with van der Waals surface area (Å²) in [5.41, 5.74) is 12.1. The average molecular weight is 678 g/mol. The minimum absolute atomic E-state index is 0.0150. The molecule has 0 amide bonds. The van der Waals surface area contributed by atoms with Crippen molar-refractivity contribution in [1.29, 1.82) is 0 Å². The second kappa shape index (κ2) is 12.5. The molecular weight excluding hydrogens is 652 g/mol. The Bertz CT molecular complexity index is 1770. The molecule has 2 aliphatic heterocycles. The number of nitrogen functional groups attached to an aromatic ring is 2. The van der Waals surface area contributed by atoms with Gasteiger partial charge in [0.25, 0.3) is 0 Å². The molecule has 6 rings (SSSR count). The van der Waals surface area contributed by atoms with E-state index in [0.29, 0.717) is 0 Å². The maximum Gasteiger partial charge on any atom is 0.472 e. The molecule has 45 heavy (non-hydrogen) atoms. The standard InChI is InChI=1S/C21H26F2N10O10P2/c22-10-14(39-7-44(35)36)9(42-20(10)32-5-30-12-16(24)26-3-28-18(12)32)2-40-45(37,38)43-15-8(1-34)41-21(11(15)23)33-6-31-13-17(25)27-4-29-19(13)33/h3-6,8-11,14-15,20-21,34,44H,1-2,7H2,(H,35,36)(H,37,38)(H2,24,26,28)(H2,25,27,29)/t8-,9-,10?,11?,14+,15?,20-,21-/m1/s1. The molecule has 4 aromatic rings. The number of rotatable bonds is 11. The van der Waals surface area contributed by atoms with Crippen LogP contribution in [0, 0.1) is 0 Å². The Balaban J connectivity index is 1.18. The maximum absolute atomic E-state index is 15.7. The smallest absolute Gasteiger partial charge is 0.394 e. The van der Waals surface area contributed by atoms with E-state index in [9.17, 15) is 24.0 Å². The van der Waals surface area contributed by atoms with Gasteiger partial charge in [-0.1, -0.05) is 0 Å². The summed E-state index contributed by atoms with van der Waals surface area (Å²) in [6.07, 6.45) is -9.59. The van der Waals surface area contributed by atoms with Crippen LogP contribution in [-0.2, 0) is 32.4 Å². The molecule has 5 unspecified atom stereocenters.